The van der Waals surface area contributed by atoms with Crippen molar-refractivity contribution in [2.24, 2.45) is 0 Å². The first-order chi connectivity index (χ1) is 11.5. The minimum Gasteiger partial charge on any atom is -0.493 e. The number of aryl methyl sites for hydroxylation is 1. The number of rotatable bonds is 8. The summed E-state index contributed by atoms with van der Waals surface area (Å²) in [7, 11) is 0. The van der Waals surface area contributed by atoms with Crippen LogP contribution in [0.4, 0.5) is 0 Å². The number of hydrogen-bond acceptors (Lipinski definition) is 3. The average molecular weight is 348 g/mol. The monoisotopic (exact) mass is 347 g/mol. The molecule has 2 unspecified atom stereocenters. The lowest BCUT2D eigenvalue weighted by Crippen LogP contribution is -2.20. The van der Waals surface area contributed by atoms with Crippen LogP contribution in [0.5, 0.6) is 5.75 Å². The number of carboxylic acids is 1. The lowest BCUT2D eigenvalue weighted by molar-refractivity contribution is -0.136. The van der Waals surface area contributed by atoms with Crippen LogP contribution in [0.25, 0.3) is 0 Å². The molecule has 2 rings (SSSR count). The van der Waals surface area contributed by atoms with Gasteiger partial charge in [0.25, 0.3) is 0 Å². The van der Waals surface area contributed by atoms with Gasteiger partial charge in [-0.3, -0.25) is 9.78 Å². The normalized spacial score (nSPS) is 13.3. The van der Waals surface area contributed by atoms with Crippen LogP contribution in [0.2, 0.25) is 0 Å². The smallest absolute Gasteiger partial charge is 0.322 e. The van der Waals surface area contributed by atoms with Crippen LogP contribution in [0.1, 0.15) is 36.6 Å². The quantitative estimate of drug-likeness (QED) is 0.731. The predicted octanol–water partition coefficient (Wildman–Crippen LogP) is 4.06. The van der Waals surface area contributed by atoms with Crippen molar-refractivity contribution in [2.45, 2.75) is 38.0 Å². The van der Waals surface area contributed by atoms with Gasteiger partial charge in [-0.15, -0.1) is 11.6 Å². The molecule has 128 valence electrons. The third kappa shape index (κ3) is 4.96. The van der Waals surface area contributed by atoms with Crippen LogP contribution >= 0.6 is 11.6 Å². The van der Waals surface area contributed by atoms with Gasteiger partial charge < -0.3 is 9.84 Å². The molecule has 1 aromatic heterocycles. The maximum Gasteiger partial charge on any atom is 0.322 e. The average Bonchev–Trinajstić information content (AvgIpc) is 2.61. The second-order valence-electron chi connectivity index (χ2n) is 5.71. The van der Waals surface area contributed by atoms with Gasteiger partial charge >= 0.3 is 5.97 Å². The summed E-state index contributed by atoms with van der Waals surface area (Å²) in [6, 6.07) is 11.5. The number of alkyl halides is 1. The molecule has 0 aliphatic carbocycles. The molecule has 0 fully saturated rings. The van der Waals surface area contributed by atoms with E-state index in [0.717, 1.165) is 29.8 Å². The number of pyridine rings is 1. The number of carboxylic acid groups (broad SMARTS) is 1. The van der Waals surface area contributed by atoms with E-state index in [1.165, 1.54) is 5.56 Å². The Kier molecular flexibility index (Phi) is 6.62. The van der Waals surface area contributed by atoms with Gasteiger partial charge in [0.2, 0.25) is 0 Å². The molecule has 0 saturated carbocycles. The van der Waals surface area contributed by atoms with Crippen LogP contribution in [0.15, 0.2) is 42.6 Å². The first kappa shape index (κ1) is 18.3. The third-order valence-corrected chi connectivity index (χ3v) is 4.57. The number of aliphatic carboxylic acids is 1. The van der Waals surface area contributed by atoms with Crippen LogP contribution in [0, 0.1) is 0 Å². The maximum absolute atomic E-state index is 10.9. The number of nitrogens with zero attached hydrogens (tertiary/aromatic N) is 1. The zero-order chi connectivity index (χ0) is 17.5. The fraction of sp³-hybridized carbons (Fsp3) is 0.368. The van der Waals surface area contributed by atoms with E-state index < -0.39 is 11.3 Å². The van der Waals surface area contributed by atoms with Crippen molar-refractivity contribution < 1.29 is 14.6 Å². The van der Waals surface area contributed by atoms with Crippen molar-refractivity contribution >= 4 is 17.6 Å². The molecule has 0 bridgehead atoms. The molecular formula is C19H22ClNO3. The summed E-state index contributed by atoms with van der Waals surface area (Å²) in [6.45, 7) is 4.45. The van der Waals surface area contributed by atoms with E-state index in [-0.39, 0.29) is 5.92 Å². The second-order valence-corrected chi connectivity index (χ2v) is 6.18. The maximum atomic E-state index is 10.9. The largest absolute Gasteiger partial charge is 0.493 e. The molecule has 0 amide bonds. The molecule has 0 aliphatic rings. The van der Waals surface area contributed by atoms with Crippen LogP contribution < -0.4 is 4.74 Å². The molecule has 1 N–H and O–H groups in total. The Bertz CT molecular complexity index is 655. The zero-order valence-electron chi connectivity index (χ0n) is 13.9. The molecule has 0 radical (unpaired) electrons. The molecule has 4 nitrogen and oxygen atoms in total. The van der Waals surface area contributed by atoms with E-state index in [1.807, 2.05) is 36.5 Å². The standard InChI is InChI=1S/C19H22ClNO3/c1-3-14-4-7-16(21-12-14)10-11-24-17-8-5-15(6-9-17)13(2)18(20)19(22)23/h4-9,12-13,18H,3,10-11H2,1-2H3,(H,22,23). The Morgan fingerprint density at radius 2 is 1.96 bits per heavy atom. The van der Waals surface area contributed by atoms with Gasteiger partial charge in [-0.05, 0) is 35.7 Å². The molecule has 1 heterocycles. The van der Waals surface area contributed by atoms with Crippen molar-refractivity contribution in [1.29, 1.82) is 0 Å². The number of ether oxygens (including phenoxy) is 1. The van der Waals surface area contributed by atoms with Gasteiger partial charge in [0.1, 0.15) is 11.1 Å². The van der Waals surface area contributed by atoms with Crippen LogP contribution in [0.3, 0.4) is 0 Å². The van der Waals surface area contributed by atoms with Gasteiger partial charge in [0, 0.05) is 24.2 Å². The highest BCUT2D eigenvalue weighted by atomic mass is 35.5. The number of hydrogen-bond donors (Lipinski definition) is 1. The van der Waals surface area contributed by atoms with Gasteiger partial charge in [-0.1, -0.05) is 32.0 Å². The van der Waals surface area contributed by atoms with Crippen LogP contribution in [-0.4, -0.2) is 28.0 Å². The number of carbonyl (C=O) groups is 1. The first-order valence-electron chi connectivity index (χ1n) is 8.04. The van der Waals surface area contributed by atoms with Crippen molar-refractivity contribution in [2.75, 3.05) is 6.61 Å². The lowest BCUT2D eigenvalue weighted by atomic mass is 9.97. The summed E-state index contributed by atoms with van der Waals surface area (Å²) < 4.78 is 5.72. The highest BCUT2D eigenvalue weighted by molar-refractivity contribution is 6.30. The Labute approximate surface area is 147 Å². The third-order valence-electron chi connectivity index (χ3n) is 4.00. The molecule has 5 heteroatoms. The van der Waals surface area contributed by atoms with Gasteiger partial charge in [-0.2, -0.15) is 0 Å². The Hall–Kier alpha value is -2.07. The van der Waals surface area contributed by atoms with Crippen molar-refractivity contribution in [3.05, 3.63) is 59.4 Å². The fourth-order valence-corrected chi connectivity index (χ4v) is 2.48. The van der Waals surface area contributed by atoms with E-state index >= 15 is 0 Å². The summed E-state index contributed by atoms with van der Waals surface area (Å²) in [5, 5.41) is 8.03. The SMILES string of the molecule is CCc1ccc(CCOc2ccc(C(C)C(Cl)C(=O)O)cc2)nc1. The van der Waals surface area contributed by atoms with Gasteiger partial charge in [0.05, 0.1) is 6.61 Å². The Morgan fingerprint density at radius 3 is 2.50 bits per heavy atom. The van der Waals surface area contributed by atoms with E-state index in [9.17, 15) is 4.79 Å². The highest BCUT2D eigenvalue weighted by Gasteiger charge is 2.23. The van der Waals surface area contributed by atoms with Gasteiger partial charge in [0.15, 0.2) is 0 Å². The minimum absolute atomic E-state index is 0.264. The van der Waals surface area contributed by atoms with E-state index in [1.54, 1.807) is 6.92 Å². The summed E-state index contributed by atoms with van der Waals surface area (Å²) in [5.41, 5.74) is 3.11. The summed E-state index contributed by atoms with van der Waals surface area (Å²) in [5.74, 6) is -0.525. The highest BCUT2D eigenvalue weighted by Crippen LogP contribution is 2.25. The van der Waals surface area contributed by atoms with Crippen LogP contribution in [-0.2, 0) is 17.6 Å². The molecule has 24 heavy (non-hydrogen) atoms. The molecule has 0 spiro atoms. The molecule has 1 aromatic carbocycles. The van der Waals surface area contributed by atoms with E-state index in [4.69, 9.17) is 21.4 Å². The number of aromatic nitrogens is 1. The summed E-state index contributed by atoms with van der Waals surface area (Å²) in [4.78, 5) is 15.3. The van der Waals surface area contributed by atoms with Gasteiger partial charge in [-0.25, -0.2) is 0 Å². The Morgan fingerprint density at radius 1 is 1.25 bits per heavy atom. The zero-order valence-corrected chi connectivity index (χ0v) is 14.7. The van der Waals surface area contributed by atoms with E-state index in [0.29, 0.717) is 6.61 Å². The first-order valence-corrected chi connectivity index (χ1v) is 8.48. The molecule has 0 aliphatic heterocycles. The molecule has 2 atom stereocenters. The van der Waals surface area contributed by atoms with Crippen molar-refractivity contribution in [3.63, 3.8) is 0 Å². The summed E-state index contributed by atoms with van der Waals surface area (Å²) in [6.07, 6.45) is 3.63. The van der Waals surface area contributed by atoms with Crippen molar-refractivity contribution in [1.82, 2.24) is 4.98 Å². The van der Waals surface area contributed by atoms with E-state index in [2.05, 4.69) is 18.0 Å². The second kappa shape index (κ2) is 8.69. The predicted molar refractivity (Wildman–Crippen MR) is 94.9 cm³/mol. The molecule has 2 aromatic rings. The van der Waals surface area contributed by atoms with Crippen molar-refractivity contribution in [3.8, 4) is 5.75 Å². The molecule has 0 saturated heterocycles. The molecular weight excluding hydrogens is 326 g/mol. The topological polar surface area (TPSA) is 59.4 Å². The fourth-order valence-electron chi connectivity index (χ4n) is 2.34. The summed E-state index contributed by atoms with van der Waals surface area (Å²) >= 11 is 5.88. The Balaban J connectivity index is 1.86. The minimum atomic E-state index is -1.01. The number of halogens is 1. The number of benzene rings is 1. The lowest BCUT2D eigenvalue weighted by Gasteiger charge is -2.15.